The van der Waals surface area contributed by atoms with Crippen LogP contribution in [0.5, 0.6) is 0 Å². The number of nitrogens with zero attached hydrogens (tertiary/aromatic N) is 3. The molecule has 0 aliphatic rings. The molecule has 0 saturated heterocycles. The molecule has 0 amide bonds. The molecule has 0 spiro atoms. The van der Waals surface area contributed by atoms with Crippen LogP contribution in [0.3, 0.4) is 0 Å². The summed E-state index contributed by atoms with van der Waals surface area (Å²) >= 11 is 0. The lowest BCUT2D eigenvalue weighted by atomic mass is 10.1. The molecule has 0 aromatic carbocycles. The number of hydrogen-bond donors (Lipinski definition) is 0. The lowest BCUT2D eigenvalue weighted by Crippen LogP contribution is -2.22. The van der Waals surface area contributed by atoms with E-state index in [2.05, 4.69) is 25.8 Å². The van der Waals surface area contributed by atoms with E-state index < -0.39 is 0 Å². The van der Waals surface area contributed by atoms with Crippen molar-refractivity contribution in [2.75, 3.05) is 0 Å². The minimum absolute atomic E-state index is 0.0221. The highest BCUT2D eigenvalue weighted by atomic mass is 16.1. The summed E-state index contributed by atoms with van der Waals surface area (Å²) in [4.78, 5) is 15.8. The van der Waals surface area contributed by atoms with Crippen LogP contribution in [0.15, 0.2) is 23.4 Å². The molecule has 0 aliphatic carbocycles. The minimum Gasteiger partial charge on any atom is -0.335 e. The number of aromatic nitrogens is 3. The Bertz CT molecular complexity index is 557. The summed E-state index contributed by atoms with van der Waals surface area (Å²) in [5.74, 6) is 0. The van der Waals surface area contributed by atoms with Gasteiger partial charge in [-0.25, -0.2) is 4.98 Å². The summed E-state index contributed by atoms with van der Waals surface area (Å²) in [6.07, 6.45) is 3.50. The largest absolute Gasteiger partial charge is 0.335 e. The van der Waals surface area contributed by atoms with E-state index in [4.69, 9.17) is 0 Å². The van der Waals surface area contributed by atoms with E-state index in [0.717, 1.165) is 5.65 Å². The molecule has 0 unspecified atom stereocenters. The Labute approximate surface area is 88.2 Å². The van der Waals surface area contributed by atoms with E-state index in [1.165, 1.54) is 0 Å². The Morgan fingerprint density at radius 2 is 2.00 bits per heavy atom. The summed E-state index contributed by atoms with van der Waals surface area (Å²) in [5, 5.41) is 0. The second-order valence-electron chi connectivity index (χ2n) is 4.75. The second kappa shape index (κ2) is 2.95. The minimum atomic E-state index is -0.0691. The molecule has 2 rings (SSSR count). The van der Waals surface area contributed by atoms with Crippen molar-refractivity contribution < 1.29 is 0 Å². The van der Waals surface area contributed by atoms with Gasteiger partial charge in [-0.2, -0.15) is 0 Å². The number of fused-ring (bicyclic) bond motifs is 1. The monoisotopic (exact) mass is 205 g/mol. The standard InChI is InChI=1S/C11H15N3O/c1-11(2,3)14-7-12-9-8(15)5-6-13(4)10(9)14/h5-7H,1-4H3. The molecule has 2 aromatic heterocycles. The fraction of sp³-hybridized carbons (Fsp3) is 0.455. The first-order valence-corrected chi connectivity index (χ1v) is 4.94. The number of pyridine rings is 1. The Balaban J connectivity index is 2.92. The van der Waals surface area contributed by atoms with Gasteiger partial charge in [0.25, 0.3) is 0 Å². The number of imidazole rings is 1. The Hall–Kier alpha value is -1.58. The van der Waals surface area contributed by atoms with E-state index in [-0.39, 0.29) is 11.0 Å². The molecule has 2 heterocycles. The molecule has 0 fully saturated rings. The molecule has 80 valence electrons. The first-order chi connectivity index (χ1) is 6.91. The maximum absolute atomic E-state index is 11.6. The van der Waals surface area contributed by atoms with Crippen molar-refractivity contribution in [3.63, 3.8) is 0 Å². The zero-order chi connectivity index (χ0) is 11.2. The average molecular weight is 205 g/mol. The van der Waals surface area contributed by atoms with Crippen molar-refractivity contribution in [2.45, 2.75) is 26.3 Å². The summed E-state index contributed by atoms with van der Waals surface area (Å²) in [7, 11) is 1.92. The summed E-state index contributed by atoms with van der Waals surface area (Å²) in [5.41, 5.74) is 1.32. The van der Waals surface area contributed by atoms with Gasteiger partial charge in [-0.3, -0.25) is 4.79 Å². The smallest absolute Gasteiger partial charge is 0.209 e. The lowest BCUT2D eigenvalue weighted by Gasteiger charge is -2.22. The lowest BCUT2D eigenvalue weighted by molar-refractivity contribution is 0.403. The number of aryl methyl sites for hydroxylation is 1. The maximum Gasteiger partial charge on any atom is 0.209 e. The van der Waals surface area contributed by atoms with Crippen LogP contribution in [0, 0.1) is 0 Å². The van der Waals surface area contributed by atoms with Gasteiger partial charge in [0, 0.05) is 24.8 Å². The van der Waals surface area contributed by atoms with Gasteiger partial charge in [-0.1, -0.05) is 0 Å². The van der Waals surface area contributed by atoms with Gasteiger partial charge < -0.3 is 9.13 Å². The van der Waals surface area contributed by atoms with Gasteiger partial charge in [-0.15, -0.1) is 0 Å². The Morgan fingerprint density at radius 3 is 2.60 bits per heavy atom. The zero-order valence-electron chi connectivity index (χ0n) is 9.48. The molecule has 4 nitrogen and oxygen atoms in total. The molecule has 0 atom stereocenters. The second-order valence-corrected chi connectivity index (χ2v) is 4.75. The van der Waals surface area contributed by atoms with Gasteiger partial charge in [0.2, 0.25) is 5.43 Å². The number of hydrogen-bond acceptors (Lipinski definition) is 2. The zero-order valence-corrected chi connectivity index (χ0v) is 9.48. The van der Waals surface area contributed by atoms with E-state index >= 15 is 0 Å². The van der Waals surface area contributed by atoms with Crippen molar-refractivity contribution in [2.24, 2.45) is 7.05 Å². The molecule has 0 N–H and O–H groups in total. The molecule has 2 aromatic rings. The molecule has 15 heavy (non-hydrogen) atoms. The SMILES string of the molecule is Cn1ccc(=O)c2ncn(C(C)(C)C)c21. The highest BCUT2D eigenvalue weighted by molar-refractivity contribution is 5.71. The van der Waals surface area contributed by atoms with Crippen LogP contribution in [0.1, 0.15) is 20.8 Å². The predicted octanol–water partition coefficient (Wildman–Crippen LogP) is 1.49. The van der Waals surface area contributed by atoms with Crippen LogP contribution < -0.4 is 5.43 Å². The van der Waals surface area contributed by atoms with Crippen molar-refractivity contribution >= 4 is 11.2 Å². The third-order valence-corrected chi connectivity index (χ3v) is 2.48. The van der Waals surface area contributed by atoms with E-state index in [1.807, 2.05) is 16.2 Å². The van der Waals surface area contributed by atoms with Gasteiger partial charge >= 0.3 is 0 Å². The normalized spacial score (nSPS) is 12.3. The van der Waals surface area contributed by atoms with Crippen molar-refractivity contribution in [1.82, 2.24) is 14.1 Å². The fourth-order valence-electron chi connectivity index (χ4n) is 1.67. The third kappa shape index (κ3) is 1.46. The highest BCUT2D eigenvalue weighted by Crippen LogP contribution is 2.19. The summed E-state index contributed by atoms with van der Waals surface area (Å²) in [6, 6.07) is 1.54. The molecular weight excluding hydrogens is 190 g/mol. The van der Waals surface area contributed by atoms with Gasteiger partial charge in [0.1, 0.15) is 5.65 Å². The first-order valence-electron chi connectivity index (χ1n) is 4.94. The molecule has 0 aliphatic heterocycles. The summed E-state index contributed by atoms with van der Waals surface area (Å²) < 4.78 is 3.94. The topological polar surface area (TPSA) is 39.8 Å². The van der Waals surface area contributed by atoms with Gasteiger partial charge in [0.15, 0.2) is 5.52 Å². The quantitative estimate of drug-likeness (QED) is 0.653. The summed E-state index contributed by atoms with van der Waals surface area (Å²) in [6.45, 7) is 6.27. The first kappa shape index (κ1) is 9.96. The average Bonchev–Trinajstić information content (AvgIpc) is 2.55. The van der Waals surface area contributed by atoms with Gasteiger partial charge in [-0.05, 0) is 20.8 Å². The Kier molecular flexibility index (Phi) is 1.96. The van der Waals surface area contributed by atoms with E-state index in [0.29, 0.717) is 5.52 Å². The number of rotatable bonds is 0. The molecule has 0 bridgehead atoms. The maximum atomic E-state index is 11.6. The molecule has 0 saturated carbocycles. The fourth-order valence-corrected chi connectivity index (χ4v) is 1.67. The van der Waals surface area contributed by atoms with Crippen molar-refractivity contribution in [3.8, 4) is 0 Å². The van der Waals surface area contributed by atoms with Crippen molar-refractivity contribution in [1.29, 1.82) is 0 Å². The Morgan fingerprint density at radius 1 is 1.33 bits per heavy atom. The van der Waals surface area contributed by atoms with Crippen LogP contribution in [-0.4, -0.2) is 14.1 Å². The molecule has 4 heteroatoms. The van der Waals surface area contributed by atoms with Crippen LogP contribution in [-0.2, 0) is 12.6 Å². The molecular formula is C11H15N3O. The predicted molar refractivity (Wildman–Crippen MR) is 60.0 cm³/mol. The van der Waals surface area contributed by atoms with Crippen LogP contribution >= 0.6 is 0 Å². The third-order valence-electron chi connectivity index (χ3n) is 2.48. The molecule has 0 radical (unpaired) electrons. The van der Waals surface area contributed by atoms with Crippen LogP contribution in [0.2, 0.25) is 0 Å². The van der Waals surface area contributed by atoms with E-state index in [9.17, 15) is 4.79 Å². The van der Waals surface area contributed by atoms with Gasteiger partial charge in [0.05, 0.1) is 6.33 Å². The van der Waals surface area contributed by atoms with E-state index in [1.54, 1.807) is 18.6 Å². The van der Waals surface area contributed by atoms with Crippen LogP contribution in [0.4, 0.5) is 0 Å². The van der Waals surface area contributed by atoms with Crippen molar-refractivity contribution in [3.05, 3.63) is 28.8 Å². The van der Waals surface area contributed by atoms with Crippen LogP contribution in [0.25, 0.3) is 11.2 Å². The highest BCUT2D eigenvalue weighted by Gasteiger charge is 2.18.